The van der Waals surface area contributed by atoms with E-state index in [1.165, 1.54) is 21.3 Å². The molecule has 0 aromatic heterocycles. The molecule has 0 bridgehead atoms. The third-order valence-electron chi connectivity index (χ3n) is 1.48. The van der Waals surface area contributed by atoms with Gasteiger partial charge < -0.3 is 35.2 Å². The maximum absolute atomic E-state index is 11.4. The molecule has 0 atom stereocenters. The molecule has 0 rings (SSSR count). The van der Waals surface area contributed by atoms with Gasteiger partial charge in [-0.1, -0.05) is 0 Å². The molecule has 0 radical (unpaired) electrons. The van der Waals surface area contributed by atoms with Crippen LogP contribution in [0.25, 0.3) is 0 Å². The molecule has 13 heteroatoms. The molecule has 0 unspecified atom stereocenters. The van der Waals surface area contributed by atoms with Gasteiger partial charge >= 0.3 is 41.9 Å². The first-order valence-corrected chi connectivity index (χ1v) is 13.9. The fourth-order valence-corrected chi connectivity index (χ4v) is 15.6. The van der Waals surface area contributed by atoms with E-state index in [2.05, 4.69) is 0 Å². The smallest absolute Gasteiger partial charge is 0.516 e. The van der Waals surface area contributed by atoms with Crippen molar-refractivity contribution in [1.29, 1.82) is 0 Å². The average molecular weight is 315 g/mol. The average Bonchev–Trinajstić information content (AvgIpc) is 2.33. The van der Waals surface area contributed by atoms with E-state index in [1.54, 1.807) is 0 Å². The zero-order chi connectivity index (χ0) is 12.8. The Balaban J connectivity index is 4.71. The number of hydrogen-bond donors (Lipinski definition) is 0. The third kappa shape index (κ3) is 4.09. The molecule has 0 amide bonds. The van der Waals surface area contributed by atoms with Crippen molar-refractivity contribution < 1.29 is 35.2 Å². The number of rotatable bonds is 8. The lowest BCUT2D eigenvalue weighted by molar-refractivity contribution is 0.0494. The maximum Gasteiger partial charge on any atom is 0.736 e. The lowest BCUT2D eigenvalue weighted by Crippen LogP contribution is -2.52. The highest BCUT2D eigenvalue weighted by molar-refractivity contribution is 7.48. The fourth-order valence-electron chi connectivity index (χ4n) is 0.689. The molecule has 0 heterocycles. The van der Waals surface area contributed by atoms with E-state index in [0.717, 1.165) is 0 Å². The summed E-state index contributed by atoms with van der Waals surface area (Å²) in [4.78, 5) is 0. The summed E-state index contributed by atoms with van der Waals surface area (Å²) in [6.07, 6.45) is 0. The normalized spacial score (nSPS) is 10.7. The molecular weight excluding hydrogens is 304 g/mol. The van der Waals surface area contributed by atoms with Crippen LogP contribution < -0.4 is 0 Å². The van der Waals surface area contributed by atoms with Crippen molar-refractivity contribution in [3.05, 3.63) is 0 Å². The first-order valence-electron chi connectivity index (χ1n) is 3.88. The van der Waals surface area contributed by atoms with Gasteiger partial charge in [0.1, 0.15) is 0 Å². The molecule has 0 saturated carbocycles. The van der Waals surface area contributed by atoms with Gasteiger partial charge in [-0.25, -0.2) is 0 Å². The molecule has 0 aliphatic rings. The van der Waals surface area contributed by atoms with Gasteiger partial charge in [-0.05, 0) is 0 Å². The maximum atomic E-state index is 11.4. The lowest BCUT2D eigenvalue weighted by Gasteiger charge is -2.21. The molecule has 0 saturated heterocycles. The van der Waals surface area contributed by atoms with Crippen molar-refractivity contribution in [3.63, 3.8) is 0 Å². The van der Waals surface area contributed by atoms with Gasteiger partial charge in [-0.3, -0.25) is 0 Å². The van der Waals surface area contributed by atoms with Gasteiger partial charge in [-0.15, -0.1) is 0 Å². The van der Waals surface area contributed by atoms with E-state index in [4.69, 9.17) is 17.4 Å². The minimum absolute atomic E-state index is 1.22. The third-order valence-corrected chi connectivity index (χ3v) is 19.8. The number of hydrogen-bond acceptors (Lipinski definition) is 8. The van der Waals surface area contributed by atoms with Crippen LogP contribution in [0.4, 0.5) is 0 Å². The highest BCUT2D eigenvalue weighted by atomic mass is 29.8. The predicted molar refractivity (Wildman–Crippen MR) is 55.0 cm³/mol. The van der Waals surface area contributed by atoms with Crippen LogP contribution in [0.3, 0.4) is 0 Å². The Morgan fingerprint density at radius 1 is 1.00 bits per heavy atom. The predicted octanol–water partition coefficient (Wildman–Crippen LogP) is -2.42. The Morgan fingerprint density at radius 3 is 1.75 bits per heavy atom. The summed E-state index contributed by atoms with van der Waals surface area (Å²) in [6.45, 7) is 0. The molecule has 0 aliphatic heterocycles. The van der Waals surface area contributed by atoms with Crippen molar-refractivity contribution in [1.82, 2.24) is 0 Å². The van der Waals surface area contributed by atoms with Crippen LogP contribution in [-0.4, -0.2) is 63.2 Å². The van der Waals surface area contributed by atoms with Crippen molar-refractivity contribution in [3.8, 4) is 0 Å². The highest BCUT2D eigenvalue weighted by Gasteiger charge is 2.50. The fraction of sp³-hybridized carbons (Fsp3) is 1.00. The molecule has 0 aromatic rings. The van der Waals surface area contributed by atoms with E-state index in [9.17, 15) is 17.8 Å². The van der Waals surface area contributed by atoms with Gasteiger partial charge in [-0.2, -0.15) is 0 Å². The second-order valence-corrected chi connectivity index (χ2v) is 18.5. The van der Waals surface area contributed by atoms with Gasteiger partial charge in [0.05, 0.1) is 0 Å². The molecule has 16 heavy (non-hydrogen) atoms. The van der Waals surface area contributed by atoms with Crippen LogP contribution in [0.5, 0.6) is 0 Å². The summed E-state index contributed by atoms with van der Waals surface area (Å²) in [5, 5.41) is 0. The Labute approximate surface area is 98.7 Å². The summed E-state index contributed by atoms with van der Waals surface area (Å²) in [6, 6.07) is 0. The van der Waals surface area contributed by atoms with Crippen molar-refractivity contribution in [2.24, 2.45) is 0 Å². The SMILES string of the molecule is CO[Si](OC)(OC)O[Si](=O)[Si](=O)[Si](=O)[SiH]=O. The molecule has 0 N–H and O–H groups in total. The van der Waals surface area contributed by atoms with Gasteiger partial charge in [0.15, 0.2) is 0 Å². The Hall–Kier alpha value is -0.0356. The topological polar surface area (TPSA) is 105 Å². The Kier molecular flexibility index (Phi) is 7.31. The van der Waals surface area contributed by atoms with E-state index >= 15 is 0 Å². The molecule has 8 nitrogen and oxygen atoms in total. The summed E-state index contributed by atoms with van der Waals surface area (Å²) in [5.41, 5.74) is 0. The Bertz CT molecular complexity index is 303. The molecule has 0 aliphatic carbocycles. The first-order chi connectivity index (χ1) is 7.46. The molecule has 0 spiro atoms. The zero-order valence-electron chi connectivity index (χ0n) is 8.84. The second kappa shape index (κ2) is 7.32. The van der Waals surface area contributed by atoms with Crippen LogP contribution in [0.15, 0.2) is 0 Å². The lowest BCUT2D eigenvalue weighted by atomic mass is 11.8. The van der Waals surface area contributed by atoms with E-state index in [-0.39, 0.29) is 0 Å². The van der Waals surface area contributed by atoms with Crippen molar-refractivity contribution in [2.45, 2.75) is 0 Å². The van der Waals surface area contributed by atoms with Crippen LogP contribution in [-0.2, 0) is 35.2 Å². The quantitative estimate of drug-likeness (QED) is 0.456. The van der Waals surface area contributed by atoms with Gasteiger partial charge in [0, 0.05) is 21.3 Å². The van der Waals surface area contributed by atoms with Gasteiger partial charge in [0.25, 0.3) is 0 Å². The minimum Gasteiger partial charge on any atom is -0.516 e. The van der Waals surface area contributed by atoms with Gasteiger partial charge in [0.2, 0.25) is 0 Å². The largest absolute Gasteiger partial charge is 0.736 e. The van der Waals surface area contributed by atoms with Crippen molar-refractivity contribution >= 4 is 41.9 Å². The van der Waals surface area contributed by atoms with E-state index in [0.29, 0.717) is 0 Å². The van der Waals surface area contributed by atoms with Crippen LogP contribution in [0.1, 0.15) is 0 Å². The zero-order valence-corrected chi connectivity index (χ0v) is 14.0. The summed E-state index contributed by atoms with van der Waals surface area (Å²) < 4.78 is 63.2. The van der Waals surface area contributed by atoms with Crippen LogP contribution in [0, 0.1) is 0 Å². The summed E-state index contributed by atoms with van der Waals surface area (Å²) in [7, 11) is -10.6. The van der Waals surface area contributed by atoms with E-state index < -0.39 is 41.9 Å². The van der Waals surface area contributed by atoms with Crippen molar-refractivity contribution in [2.75, 3.05) is 21.3 Å². The first kappa shape index (κ1) is 16.0. The highest BCUT2D eigenvalue weighted by Crippen LogP contribution is 2.07. The summed E-state index contributed by atoms with van der Waals surface area (Å²) in [5.74, 6) is 0. The summed E-state index contributed by atoms with van der Waals surface area (Å²) >= 11 is 0. The second-order valence-electron chi connectivity index (χ2n) is 2.31. The van der Waals surface area contributed by atoms with Crippen LogP contribution >= 0.6 is 0 Å². The minimum atomic E-state index is -3.56. The standard InChI is InChI=1S/C3H10O8Si5/c1-8-16(9-2,10-3)11-13(5)15(7)14(6)12-4/h12H,1-3H3. The monoisotopic (exact) mass is 314 g/mol. The van der Waals surface area contributed by atoms with E-state index in [1.807, 2.05) is 0 Å². The molecule has 90 valence electrons. The molecule has 0 fully saturated rings. The molecule has 0 aromatic carbocycles. The van der Waals surface area contributed by atoms with Crippen LogP contribution in [0.2, 0.25) is 0 Å². The molecular formula is C3H10O8Si5. The Morgan fingerprint density at radius 2 is 1.44 bits per heavy atom.